The molecule has 1 fully saturated rings. The molecule has 12 heteroatoms. The zero-order valence-electron chi connectivity index (χ0n) is 26.8. The zero-order chi connectivity index (χ0) is 33.4. The van der Waals surface area contributed by atoms with Crippen molar-refractivity contribution in [1.82, 2.24) is 4.98 Å². The molecule has 1 spiro atoms. The smallest absolute Gasteiger partial charge is 0.333 e. The molecule has 9 atom stereocenters. The van der Waals surface area contributed by atoms with Crippen LogP contribution in [0.15, 0.2) is 29.9 Å². The van der Waals surface area contributed by atoms with Gasteiger partial charge < -0.3 is 49.5 Å². The molecule has 5 rings (SSSR count). The van der Waals surface area contributed by atoms with Gasteiger partial charge in [0.25, 0.3) is 0 Å². The minimum atomic E-state index is -2.04. The minimum Gasteiger partial charge on any atom is -0.658 e. The molecule has 5 N–H and O–H groups in total. The number of aromatic nitrogens is 1. The number of carbonyl (C=O) groups excluding carboxylic acids is 1. The number of ether oxygens (including phenoxy) is 4. The molecule has 0 amide bonds. The first kappa shape index (κ1) is 34.3. The van der Waals surface area contributed by atoms with E-state index in [0.717, 1.165) is 5.69 Å². The quantitative estimate of drug-likeness (QED) is 0.167. The average molecular weight is 645 g/mol. The maximum atomic E-state index is 12.8. The summed E-state index contributed by atoms with van der Waals surface area (Å²) in [6.07, 6.45) is 3.69. The van der Waals surface area contributed by atoms with Gasteiger partial charge in [-0.1, -0.05) is 50.4 Å². The first-order chi connectivity index (χ1) is 21.9. The summed E-state index contributed by atoms with van der Waals surface area (Å²) in [6, 6.07) is 1.89. The highest BCUT2D eigenvalue weighted by Crippen LogP contribution is 2.48. The summed E-state index contributed by atoms with van der Waals surface area (Å²) in [5, 5.41) is 55.7. The molecule has 9 unspecified atom stereocenters. The van der Waals surface area contributed by atoms with E-state index in [4.69, 9.17) is 23.9 Å². The van der Waals surface area contributed by atoms with E-state index >= 15 is 0 Å². The number of rotatable bonds is 11. The Morgan fingerprint density at radius 2 is 2.00 bits per heavy atom. The first-order valence-electron chi connectivity index (χ1n) is 16.1. The molecule has 254 valence electrons. The summed E-state index contributed by atoms with van der Waals surface area (Å²) in [7, 11) is 1.25. The lowest BCUT2D eigenvalue weighted by Gasteiger charge is -2.56. The lowest BCUT2D eigenvalue weighted by Crippen LogP contribution is -2.74. The predicted molar refractivity (Wildman–Crippen MR) is 164 cm³/mol. The number of hydrogen-bond donors (Lipinski definition) is 5. The number of esters is 1. The van der Waals surface area contributed by atoms with E-state index in [9.17, 15) is 35.1 Å². The topological polar surface area (TPSA) is 186 Å². The first-order valence-corrected chi connectivity index (χ1v) is 16.1. The van der Waals surface area contributed by atoms with E-state index in [2.05, 4.69) is 0 Å². The van der Waals surface area contributed by atoms with Crippen molar-refractivity contribution in [3.8, 4) is 0 Å². The number of carboxylic acids is 1. The highest BCUT2D eigenvalue weighted by Gasteiger charge is 2.64. The summed E-state index contributed by atoms with van der Waals surface area (Å²) in [4.78, 5) is 29.4. The number of methoxy groups -OCH3 is 1. The van der Waals surface area contributed by atoms with Gasteiger partial charge in [0.1, 0.15) is 17.8 Å². The van der Waals surface area contributed by atoms with Gasteiger partial charge in [-0.05, 0) is 42.9 Å². The van der Waals surface area contributed by atoms with Crippen LogP contribution >= 0.6 is 0 Å². The van der Waals surface area contributed by atoms with Crippen LogP contribution < -0.4 is 15.6 Å². The fourth-order valence-electron chi connectivity index (χ4n) is 7.39. The molecule has 0 saturated carbocycles. The summed E-state index contributed by atoms with van der Waals surface area (Å²) in [5.41, 5.74) is -2.68. The highest BCUT2D eigenvalue weighted by molar-refractivity contribution is 5.90. The minimum absolute atomic E-state index is 0.0229. The van der Waals surface area contributed by atoms with Gasteiger partial charge >= 0.3 is 11.9 Å². The molecule has 2 aliphatic carbocycles. The van der Waals surface area contributed by atoms with Gasteiger partial charge in [-0.2, -0.15) is 5.69 Å². The second-order valence-electron chi connectivity index (χ2n) is 13.0. The summed E-state index contributed by atoms with van der Waals surface area (Å²) in [6.45, 7) is 5.01. The second kappa shape index (κ2) is 13.6. The van der Waals surface area contributed by atoms with Crippen LogP contribution in [0.25, 0.3) is 11.8 Å². The molecule has 2 bridgehead atoms. The van der Waals surface area contributed by atoms with Gasteiger partial charge in [0, 0.05) is 36.4 Å². The summed E-state index contributed by atoms with van der Waals surface area (Å²) < 4.78 is 24.5. The van der Waals surface area contributed by atoms with Gasteiger partial charge in [-0.15, -0.1) is 0 Å². The average Bonchev–Trinajstić information content (AvgIpc) is 3.41. The Kier molecular flexibility index (Phi) is 10.2. The third-order valence-corrected chi connectivity index (χ3v) is 9.93. The SMILES string of the molecule is CCC1(O)C(OC2C3C=C(C(=O)OC)C(CC(=O)O)C2C=CCC3)OC(CO)C2(C=c3cc(C(C)C)[n-]c3=C(CCCO)O2)C1O. The molecule has 12 nitrogen and oxygen atoms in total. The van der Waals surface area contributed by atoms with Gasteiger partial charge in [0.05, 0.1) is 32.0 Å². The van der Waals surface area contributed by atoms with Crippen molar-refractivity contribution in [2.24, 2.45) is 17.8 Å². The monoisotopic (exact) mass is 644 g/mol. The molecule has 1 saturated heterocycles. The van der Waals surface area contributed by atoms with E-state index in [-0.39, 0.29) is 36.9 Å². The van der Waals surface area contributed by atoms with Crippen LogP contribution in [0.3, 0.4) is 0 Å². The van der Waals surface area contributed by atoms with Crippen molar-refractivity contribution in [3.63, 3.8) is 0 Å². The molecule has 4 aliphatic rings. The molecule has 0 aromatic carbocycles. The van der Waals surface area contributed by atoms with E-state index in [0.29, 0.717) is 42.0 Å². The van der Waals surface area contributed by atoms with Crippen LogP contribution in [-0.2, 0) is 28.5 Å². The lowest BCUT2D eigenvalue weighted by atomic mass is 9.70. The molecule has 0 radical (unpaired) electrons. The lowest BCUT2D eigenvalue weighted by molar-refractivity contribution is -0.367. The standard InChI is InChI=1S/C34H46NO11/c1-5-33(42)31(41)34(16-20-14-24(18(2)3)35-28(20)25(46-34)11-8-12-36)26(17-37)44-32(33)45-29-19-9-6-7-10-21(29)22(15-27(38)39)23(13-19)30(40)43-4/h7,10,13-14,16,18-19,21-22,26,29,31-32,36-37,41-42H,5-6,8-9,11-12,15,17H2,1-4H3,(H,38,39)/q-1. The Bertz CT molecular complexity index is 1480. The van der Waals surface area contributed by atoms with Crippen LogP contribution in [-0.4, -0.2) is 93.6 Å². The maximum Gasteiger partial charge on any atom is 0.333 e. The number of nitrogens with zero attached hydrogens (tertiary/aromatic N) is 1. The molecular formula is C34H46NO11-. The molecular weight excluding hydrogens is 598 g/mol. The van der Waals surface area contributed by atoms with Gasteiger partial charge in [-0.3, -0.25) is 4.79 Å². The molecule has 1 aromatic heterocycles. The van der Waals surface area contributed by atoms with Crippen molar-refractivity contribution in [2.75, 3.05) is 20.3 Å². The number of carboxylic acid groups (broad SMARTS) is 1. The largest absolute Gasteiger partial charge is 0.658 e. The zero-order valence-corrected chi connectivity index (χ0v) is 26.8. The third-order valence-electron chi connectivity index (χ3n) is 9.93. The van der Waals surface area contributed by atoms with Crippen molar-refractivity contribution in [2.45, 2.75) is 101 Å². The normalized spacial score (nSPS) is 35.2. The van der Waals surface area contributed by atoms with Crippen LogP contribution in [0.1, 0.15) is 70.9 Å². The van der Waals surface area contributed by atoms with Crippen molar-refractivity contribution < 1.29 is 54.1 Å². The highest BCUT2D eigenvalue weighted by atomic mass is 16.7. The van der Waals surface area contributed by atoms with Crippen LogP contribution in [0.5, 0.6) is 0 Å². The summed E-state index contributed by atoms with van der Waals surface area (Å²) >= 11 is 0. The Labute approximate surface area is 268 Å². The fraction of sp³-hybridized carbons (Fsp3) is 0.647. The van der Waals surface area contributed by atoms with Crippen LogP contribution in [0, 0.1) is 17.8 Å². The van der Waals surface area contributed by atoms with Crippen LogP contribution in [0.2, 0.25) is 0 Å². The number of fused-ring (bicyclic) bond motifs is 3. The van der Waals surface area contributed by atoms with Crippen LogP contribution in [0.4, 0.5) is 0 Å². The fourth-order valence-corrected chi connectivity index (χ4v) is 7.39. The summed E-state index contributed by atoms with van der Waals surface area (Å²) in [5.74, 6) is -2.87. The van der Waals surface area contributed by atoms with Gasteiger partial charge in [0.2, 0.25) is 0 Å². The van der Waals surface area contributed by atoms with E-state index in [1.165, 1.54) is 7.11 Å². The van der Waals surface area contributed by atoms with Crippen molar-refractivity contribution in [1.29, 1.82) is 0 Å². The van der Waals surface area contributed by atoms with Crippen molar-refractivity contribution >= 4 is 23.8 Å². The molecule has 2 aliphatic heterocycles. The number of aliphatic carboxylic acids is 1. The van der Waals surface area contributed by atoms with Gasteiger partial charge in [0.15, 0.2) is 11.9 Å². The number of aliphatic hydroxyl groups is 4. The van der Waals surface area contributed by atoms with Gasteiger partial charge in [-0.25, -0.2) is 4.79 Å². The number of hydrogen-bond acceptors (Lipinski definition) is 10. The Balaban J connectivity index is 1.55. The second-order valence-corrected chi connectivity index (χ2v) is 13.0. The van der Waals surface area contributed by atoms with Crippen molar-refractivity contribution in [3.05, 3.63) is 46.1 Å². The Morgan fingerprint density at radius 3 is 2.63 bits per heavy atom. The third kappa shape index (κ3) is 5.95. The molecule has 3 heterocycles. The number of aliphatic hydroxyl groups excluding tert-OH is 3. The number of allylic oxidation sites excluding steroid dienone is 1. The molecule has 46 heavy (non-hydrogen) atoms. The maximum absolute atomic E-state index is 12.8. The number of carbonyl (C=O) groups is 2. The Morgan fingerprint density at radius 1 is 1.24 bits per heavy atom. The predicted octanol–water partition coefficient (Wildman–Crippen LogP) is 0.588. The molecule has 1 aromatic rings. The Hall–Kier alpha value is -3.00. The van der Waals surface area contributed by atoms with E-state index in [1.54, 1.807) is 19.1 Å². The van der Waals surface area contributed by atoms with E-state index < -0.39 is 66.2 Å². The van der Waals surface area contributed by atoms with E-state index in [1.807, 2.05) is 32.1 Å².